The van der Waals surface area contributed by atoms with Gasteiger partial charge in [-0.25, -0.2) is 0 Å². The van der Waals surface area contributed by atoms with Crippen molar-refractivity contribution < 1.29 is 30.7 Å². The monoisotopic (exact) mass is 234 g/mol. The van der Waals surface area contributed by atoms with Gasteiger partial charge in [-0.1, -0.05) is 0 Å². The van der Waals surface area contributed by atoms with Crippen molar-refractivity contribution in [2.45, 2.75) is 24.4 Å². The maximum atomic E-state index is 12.8. The summed E-state index contributed by atoms with van der Waals surface area (Å²) in [4.78, 5) is 0. The quantitative estimate of drug-likeness (QED) is 0.479. The largest absolute Gasteiger partial charge is 0.392 e. The Morgan fingerprint density at radius 2 is 1.53 bits per heavy atom. The third kappa shape index (κ3) is 3.24. The van der Waals surface area contributed by atoms with Crippen molar-refractivity contribution in [3.05, 3.63) is 23.8 Å². The van der Waals surface area contributed by atoms with Crippen LogP contribution in [0.3, 0.4) is 0 Å². The molecule has 1 aliphatic rings. The highest BCUT2D eigenvalue weighted by Gasteiger charge is 2.44. The SMILES string of the molecule is FC1(F)C=CC(F)(F)C(CC(F)(F)F)=C1. The average molecular weight is 234 g/mol. The Bertz CT molecular complexity index is 307. The van der Waals surface area contributed by atoms with Crippen LogP contribution in [0.2, 0.25) is 0 Å². The molecule has 0 fully saturated rings. The van der Waals surface area contributed by atoms with Crippen LogP contribution in [0, 0.1) is 0 Å². The van der Waals surface area contributed by atoms with E-state index < -0.39 is 30.0 Å². The molecule has 0 amide bonds. The van der Waals surface area contributed by atoms with Gasteiger partial charge in [0, 0.05) is 5.57 Å². The molecule has 0 aromatic carbocycles. The Balaban J connectivity index is 2.98. The van der Waals surface area contributed by atoms with E-state index in [2.05, 4.69) is 0 Å². The lowest BCUT2D eigenvalue weighted by Gasteiger charge is -2.24. The summed E-state index contributed by atoms with van der Waals surface area (Å²) in [6, 6.07) is 0. The van der Waals surface area contributed by atoms with Crippen molar-refractivity contribution in [2.24, 2.45) is 0 Å². The Morgan fingerprint density at radius 3 is 2.00 bits per heavy atom. The van der Waals surface area contributed by atoms with Crippen LogP contribution in [0.4, 0.5) is 30.7 Å². The summed E-state index contributed by atoms with van der Waals surface area (Å²) in [5.41, 5.74) is -1.62. The molecule has 0 spiro atoms. The zero-order valence-corrected chi connectivity index (χ0v) is 7.08. The van der Waals surface area contributed by atoms with E-state index in [1.807, 2.05) is 0 Å². The van der Waals surface area contributed by atoms with Gasteiger partial charge in [0.2, 0.25) is 0 Å². The molecule has 0 radical (unpaired) electrons. The Kier molecular flexibility index (Phi) is 2.61. The number of halogens is 7. The maximum absolute atomic E-state index is 12.8. The van der Waals surface area contributed by atoms with Crippen molar-refractivity contribution in [1.29, 1.82) is 0 Å². The molecule has 0 N–H and O–H groups in total. The van der Waals surface area contributed by atoms with Gasteiger partial charge < -0.3 is 0 Å². The number of allylic oxidation sites excluding steroid dienone is 4. The third-order valence-corrected chi connectivity index (χ3v) is 1.70. The summed E-state index contributed by atoms with van der Waals surface area (Å²) in [6.45, 7) is 0. The van der Waals surface area contributed by atoms with Gasteiger partial charge in [-0.15, -0.1) is 0 Å². The summed E-state index contributed by atoms with van der Waals surface area (Å²) in [5, 5.41) is 0. The van der Waals surface area contributed by atoms with E-state index in [1.54, 1.807) is 0 Å². The first-order chi connectivity index (χ1) is 6.52. The third-order valence-electron chi connectivity index (χ3n) is 1.70. The predicted octanol–water partition coefficient (Wildman–Crippen LogP) is 3.71. The van der Waals surface area contributed by atoms with Crippen molar-refractivity contribution in [2.75, 3.05) is 0 Å². The Labute approximate surface area is 80.1 Å². The Morgan fingerprint density at radius 1 is 1.00 bits per heavy atom. The van der Waals surface area contributed by atoms with Gasteiger partial charge in [0.1, 0.15) is 0 Å². The van der Waals surface area contributed by atoms with E-state index in [0.29, 0.717) is 0 Å². The molecule has 1 aliphatic carbocycles. The fraction of sp³-hybridized carbons (Fsp3) is 0.500. The minimum Gasteiger partial charge on any atom is -0.197 e. The molecule has 0 aliphatic heterocycles. The second-order valence-electron chi connectivity index (χ2n) is 3.09. The standard InChI is InChI=1S/C8H5F7/c9-6(10)1-2-7(11,12)5(3-6)4-8(13,14)15/h1-3H,4H2. The van der Waals surface area contributed by atoms with Crippen LogP contribution < -0.4 is 0 Å². The van der Waals surface area contributed by atoms with Gasteiger partial charge in [-0.2, -0.15) is 30.7 Å². The molecule has 15 heavy (non-hydrogen) atoms. The number of rotatable bonds is 1. The summed E-state index contributed by atoms with van der Waals surface area (Å²) >= 11 is 0. The van der Waals surface area contributed by atoms with Crippen LogP contribution in [0.25, 0.3) is 0 Å². The molecule has 0 saturated heterocycles. The fourth-order valence-corrected chi connectivity index (χ4v) is 1.08. The highest BCUT2D eigenvalue weighted by Crippen LogP contribution is 2.40. The molecule has 0 nitrogen and oxygen atoms in total. The minimum absolute atomic E-state index is 0.118. The molecule has 0 aromatic heterocycles. The van der Waals surface area contributed by atoms with E-state index in [4.69, 9.17) is 0 Å². The van der Waals surface area contributed by atoms with E-state index in [-0.39, 0.29) is 18.2 Å². The van der Waals surface area contributed by atoms with Crippen LogP contribution >= 0.6 is 0 Å². The van der Waals surface area contributed by atoms with Crippen LogP contribution in [-0.4, -0.2) is 18.0 Å². The lowest BCUT2D eigenvalue weighted by atomic mass is 9.97. The zero-order chi connectivity index (χ0) is 11.9. The highest BCUT2D eigenvalue weighted by molar-refractivity contribution is 5.32. The zero-order valence-electron chi connectivity index (χ0n) is 7.08. The molecule has 7 heteroatoms. The summed E-state index contributed by atoms with van der Waals surface area (Å²) in [6.07, 6.45) is -7.65. The summed E-state index contributed by atoms with van der Waals surface area (Å²) < 4.78 is 85.9. The number of hydrogen-bond donors (Lipinski definition) is 0. The second kappa shape index (κ2) is 3.24. The molecule has 0 aromatic rings. The average Bonchev–Trinajstić information content (AvgIpc) is 1.95. The van der Waals surface area contributed by atoms with Crippen LogP contribution in [0.1, 0.15) is 6.42 Å². The topological polar surface area (TPSA) is 0 Å². The van der Waals surface area contributed by atoms with Crippen molar-refractivity contribution >= 4 is 0 Å². The predicted molar refractivity (Wildman–Crippen MR) is 37.8 cm³/mol. The van der Waals surface area contributed by atoms with Crippen molar-refractivity contribution in [3.8, 4) is 0 Å². The lowest BCUT2D eigenvalue weighted by Crippen LogP contribution is -2.28. The van der Waals surface area contributed by atoms with Gasteiger partial charge in [-0.3, -0.25) is 0 Å². The van der Waals surface area contributed by atoms with Gasteiger partial charge in [0.25, 0.3) is 11.8 Å². The highest BCUT2D eigenvalue weighted by atomic mass is 19.4. The molecular weight excluding hydrogens is 229 g/mol. The smallest absolute Gasteiger partial charge is 0.197 e. The number of hydrogen-bond acceptors (Lipinski definition) is 0. The van der Waals surface area contributed by atoms with E-state index >= 15 is 0 Å². The fourth-order valence-electron chi connectivity index (χ4n) is 1.08. The van der Waals surface area contributed by atoms with Gasteiger partial charge in [0.05, 0.1) is 6.42 Å². The van der Waals surface area contributed by atoms with E-state index in [9.17, 15) is 30.7 Å². The van der Waals surface area contributed by atoms with E-state index in [0.717, 1.165) is 0 Å². The molecule has 0 atom stereocenters. The molecule has 0 bridgehead atoms. The van der Waals surface area contributed by atoms with Crippen LogP contribution in [0.15, 0.2) is 23.8 Å². The van der Waals surface area contributed by atoms with Gasteiger partial charge in [0.15, 0.2) is 0 Å². The van der Waals surface area contributed by atoms with E-state index in [1.165, 1.54) is 0 Å². The second-order valence-corrected chi connectivity index (χ2v) is 3.09. The first-order valence-electron chi connectivity index (χ1n) is 3.77. The molecule has 0 heterocycles. The molecule has 0 saturated carbocycles. The van der Waals surface area contributed by atoms with Gasteiger partial charge >= 0.3 is 6.18 Å². The lowest BCUT2D eigenvalue weighted by molar-refractivity contribution is -0.133. The molecule has 1 rings (SSSR count). The van der Waals surface area contributed by atoms with Crippen LogP contribution in [0.5, 0.6) is 0 Å². The summed E-state index contributed by atoms with van der Waals surface area (Å²) in [5.74, 6) is -7.71. The first kappa shape index (κ1) is 12.1. The first-order valence-corrected chi connectivity index (χ1v) is 3.77. The molecular formula is C8H5F7. The van der Waals surface area contributed by atoms with Crippen molar-refractivity contribution in [1.82, 2.24) is 0 Å². The maximum Gasteiger partial charge on any atom is 0.392 e. The normalized spacial score (nSPS) is 23.8. The molecule has 0 unspecified atom stereocenters. The van der Waals surface area contributed by atoms with Crippen LogP contribution in [-0.2, 0) is 0 Å². The number of alkyl halides is 7. The Hall–Kier alpha value is -1.01. The van der Waals surface area contributed by atoms with Gasteiger partial charge in [-0.05, 0) is 18.2 Å². The summed E-state index contributed by atoms with van der Waals surface area (Å²) in [7, 11) is 0. The molecule has 86 valence electrons. The van der Waals surface area contributed by atoms with Crippen molar-refractivity contribution in [3.63, 3.8) is 0 Å². The minimum atomic E-state index is -4.93.